The molecule has 1 atom stereocenters. The lowest BCUT2D eigenvalue weighted by atomic mass is 9.94. The van der Waals surface area contributed by atoms with E-state index in [2.05, 4.69) is 50.4 Å². The fourth-order valence-corrected chi connectivity index (χ4v) is 2.02. The van der Waals surface area contributed by atoms with E-state index >= 15 is 0 Å². The van der Waals surface area contributed by atoms with Gasteiger partial charge in [0, 0.05) is 18.7 Å². The number of hydrogen-bond donors (Lipinski definition) is 2. The van der Waals surface area contributed by atoms with Crippen LogP contribution >= 0.6 is 0 Å². The fourth-order valence-electron chi connectivity index (χ4n) is 2.02. The van der Waals surface area contributed by atoms with Crippen molar-refractivity contribution in [1.29, 1.82) is 0 Å². The number of benzene rings is 1. The highest BCUT2D eigenvalue weighted by Crippen LogP contribution is 2.16. The Kier molecular flexibility index (Phi) is 5.66. The smallest absolute Gasteiger partial charge is 0.0448 e. The Morgan fingerprint density at radius 3 is 2.35 bits per heavy atom. The molecule has 0 heterocycles. The zero-order chi connectivity index (χ0) is 12.7. The Hall–Kier alpha value is -0.860. The van der Waals surface area contributed by atoms with E-state index in [4.69, 9.17) is 5.11 Å². The Morgan fingerprint density at radius 2 is 1.82 bits per heavy atom. The summed E-state index contributed by atoms with van der Waals surface area (Å²) in [7, 11) is 0. The molecule has 0 amide bonds. The molecule has 0 aliphatic carbocycles. The monoisotopic (exact) mass is 235 g/mol. The highest BCUT2D eigenvalue weighted by Gasteiger charge is 2.20. The molecule has 0 spiro atoms. The van der Waals surface area contributed by atoms with E-state index in [1.807, 2.05) is 0 Å². The standard InChI is InChI=1S/C15H25NO/c1-4-13-8-6-7-9-14(13)12-16-15(3,5-2)10-11-17/h6-9,16-17H,4-5,10-12H2,1-3H3. The highest BCUT2D eigenvalue weighted by atomic mass is 16.3. The average Bonchev–Trinajstić information content (AvgIpc) is 2.37. The summed E-state index contributed by atoms with van der Waals surface area (Å²) in [6.07, 6.45) is 2.90. The third kappa shape index (κ3) is 4.14. The summed E-state index contributed by atoms with van der Waals surface area (Å²) in [6, 6.07) is 8.55. The van der Waals surface area contributed by atoms with Gasteiger partial charge >= 0.3 is 0 Å². The Morgan fingerprint density at radius 1 is 1.18 bits per heavy atom. The Bertz CT molecular complexity index is 337. The molecule has 0 bridgehead atoms. The number of aryl methyl sites for hydroxylation is 1. The van der Waals surface area contributed by atoms with Crippen molar-refractivity contribution in [2.45, 2.75) is 52.1 Å². The quantitative estimate of drug-likeness (QED) is 0.761. The molecule has 17 heavy (non-hydrogen) atoms. The summed E-state index contributed by atoms with van der Waals surface area (Å²) in [5, 5.41) is 12.7. The largest absolute Gasteiger partial charge is 0.396 e. The first-order valence-corrected chi connectivity index (χ1v) is 6.58. The Labute approximate surface area is 105 Å². The number of aliphatic hydroxyl groups is 1. The highest BCUT2D eigenvalue weighted by molar-refractivity contribution is 5.27. The van der Waals surface area contributed by atoms with E-state index in [0.717, 1.165) is 25.8 Å². The normalized spacial score (nSPS) is 14.6. The molecule has 1 aromatic rings. The van der Waals surface area contributed by atoms with E-state index in [1.165, 1.54) is 11.1 Å². The fraction of sp³-hybridized carbons (Fsp3) is 0.600. The van der Waals surface area contributed by atoms with E-state index in [9.17, 15) is 0 Å². The van der Waals surface area contributed by atoms with Crippen LogP contribution in [0.25, 0.3) is 0 Å². The minimum absolute atomic E-state index is 0.0373. The predicted molar refractivity (Wildman–Crippen MR) is 73.1 cm³/mol. The molecule has 1 unspecified atom stereocenters. The first-order chi connectivity index (χ1) is 8.15. The van der Waals surface area contributed by atoms with Crippen LogP contribution in [0.5, 0.6) is 0 Å². The van der Waals surface area contributed by atoms with Crippen LogP contribution in [0.1, 0.15) is 44.7 Å². The van der Waals surface area contributed by atoms with E-state index in [0.29, 0.717) is 0 Å². The lowest BCUT2D eigenvalue weighted by molar-refractivity contribution is 0.214. The van der Waals surface area contributed by atoms with Crippen molar-refractivity contribution >= 4 is 0 Å². The van der Waals surface area contributed by atoms with Gasteiger partial charge in [0.05, 0.1) is 0 Å². The molecule has 2 N–H and O–H groups in total. The molecular formula is C15H25NO. The summed E-state index contributed by atoms with van der Waals surface area (Å²) in [5.41, 5.74) is 2.81. The minimum Gasteiger partial charge on any atom is -0.396 e. The zero-order valence-electron chi connectivity index (χ0n) is 11.3. The van der Waals surface area contributed by atoms with Crippen LogP contribution in [-0.2, 0) is 13.0 Å². The third-order valence-corrected chi connectivity index (χ3v) is 3.65. The van der Waals surface area contributed by atoms with Gasteiger partial charge in [0.25, 0.3) is 0 Å². The van der Waals surface area contributed by atoms with Crippen molar-refractivity contribution in [2.24, 2.45) is 0 Å². The van der Waals surface area contributed by atoms with E-state index in [1.54, 1.807) is 0 Å². The minimum atomic E-state index is 0.0373. The molecule has 0 radical (unpaired) electrons. The topological polar surface area (TPSA) is 32.3 Å². The van der Waals surface area contributed by atoms with Crippen molar-refractivity contribution in [2.75, 3.05) is 6.61 Å². The van der Waals surface area contributed by atoms with Gasteiger partial charge in [-0.25, -0.2) is 0 Å². The number of aliphatic hydroxyl groups excluding tert-OH is 1. The molecule has 0 aliphatic heterocycles. The molecule has 0 aliphatic rings. The van der Waals surface area contributed by atoms with Crippen LogP contribution in [0, 0.1) is 0 Å². The van der Waals surface area contributed by atoms with Crippen molar-refractivity contribution in [3.8, 4) is 0 Å². The number of hydrogen-bond acceptors (Lipinski definition) is 2. The lowest BCUT2D eigenvalue weighted by Crippen LogP contribution is -2.42. The lowest BCUT2D eigenvalue weighted by Gasteiger charge is -2.29. The van der Waals surface area contributed by atoms with Gasteiger partial charge in [0.2, 0.25) is 0 Å². The third-order valence-electron chi connectivity index (χ3n) is 3.65. The van der Waals surface area contributed by atoms with Gasteiger partial charge in [-0.1, -0.05) is 38.1 Å². The second-order valence-corrected chi connectivity index (χ2v) is 4.86. The first-order valence-electron chi connectivity index (χ1n) is 6.58. The zero-order valence-corrected chi connectivity index (χ0v) is 11.3. The molecule has 96 valence electrons. The molecule has 0 saturated carbocycles. The van der Waals surface area contributed by atoms with Crippen LogP contribution < -0.4 is 5.32 Å². The molecule has 1 aromatic carbocycles. The van der Waals surface area contributed by atoms with Gasteiger partial charge in [-0.15, -0.1) is 0 Å². The maximum atomic E-state index is 9.09. The van der Waals surface area contributed by atoms with Crippen molar-refractivity contribution in [1.82, 2.24) is 5.32 Å². The van der Waals surface area contributed by atoms with Crippen LogP contribution in [-0.4, -0.2) is 17.3 Å². The molecule has 0 saturated heterocycles. The number of nitrogens with one attached hydrogen (secondary N) is 1. The SMILES string of the molecule is CCc1ccccc1CNC(C)(CC)CCO. The summed E-state index contributed by atoms with van der Waals surface area (Å²) in [4.78, 5) is 0. The Balaban J connectivity index is 2.65. The van der Waals surface area contributed by atoms with Crippen molar-refractivity contribution in [3.05, 3.63) is 35.4 Å². The predicted octanol–water partition coefficient (Wildman–Crippen LogP) is 2.89. The second kappa shape index (κ2) is 6.77. The van der Waals surface area contributed by atoms with Crippen LogP contribution in [0.2, 0.25) is 0 Å². The van der Waals surface area contributed by atoms with Crippen LogP contribution in [0.4, 0.5) is 0 Å². The summed E-state index contributed by atoms with van der Waals surface area (Å²) in [5.74, 6) is 0. The first kappa shape index (κ1) is 14.2. The maximum Gasteiger partial charge on any atom is 0.0448 e. The molecule has 1 rings (SSSR count). The van der Waals surface area contributed by atoms with Gasteiger partial charge in [0.15, 0.2) is 0 Å². The average molecular weight is 235 g/mol. The van der Waals surface area contributed by atoms with Crippen molar-refractivity contribution < 1.29 is 5.11 Å². The molecular weight excluding hydrogens is 210 g/mol. The van der Waals surface area contributed by atoms with E-state index in [-0.39, 0.29) is 12.1 Å². The second-order valence-electron chi connectivity index (χ2n) is 4.86. The van der Waals surface area contributed by atoms with Gasteiger partial charge in [-0.3, -0.25) is 0 Å². The van der Waals surface area contributed by atoms with Crippen LogP contribution in [0.15, 0.2) is 24.3 Å². The summed E-state index contributed by atoms with van der Waals surface area (Å²) < 4.78 is 0. The van der Waals surface area contributed by atoms with Gasteiger partial charge in [0.1, 0.15) is 0 Å². The van der Waals surface area contributed by atoms with Crippen molar-refractivity contribution in [3.63, 3.8) is 0 Å². The van der Waals surface area contributed by atoms with Gasteiger partial charge in [-0.05, 0) is 37.3 Å². The molecule has 2 nitrogen and oxygen atoms in total. The maximum absolute atomic E-state index is 9.09. The van der Waals surface area contributed by atoms with Gasteiger partial charge in [-0.2, -0.15) is 0 Å². The van der Waals surface area contributed by atoms with Crippen LogP contribution in [0.3, 0.4) is 0 Å². The molecule has 2 heteroatoms. The molecule has 0 aromatic heterocycles. The van der Waals surface area contributed by atoms with Gasteiger partial charge < -0.3 is 10.4 Å². The number of rotatable bonds is 7. The van der Waals surface area contributed by atoms with E-state index < -0.39 is 0 Å². The summed E-state index contributed by atoms with van der Waals surface area (Å²) in [6.45, 7) is 7.65. The molecule has 0 fully saturated rings. The summed E-state index contributed by atoms with van der Waals surface area (Å²) >= 11 is 0.